The Hall–Kier alpha value is -1.29. The number of rotatable bonds is 2. The zero-order valence-electron chi connectivity index (χ0n) is 9.50. The van der Waals surface area contributed by atoms with E-state index in [2.05, 4.69) is 0 Å². The van der Waals surface area contributed by atoms with E-state index in [1.165, 1.54) is 0 Å². The number of fused-ring (bicyclic) bond motifs is 1. The molecule has 0 bridgehead atoms. The Kier molecular flexibility index (Phi) is 4.34. The zero-order chi connectivity index (χ0) is 11.7. The molecule has 0 unspecified atom stereocenters. The molecule has 0 fully saturated rings. The van der Waals surface area contributed by atoms with Crippen molar-refractivity contribution in [2.75, 3.05) is 0 Å². The minimum Gasteiger partial charge on any atom is -0.507 e. The molecule has 0 aliphatic heterocycles. The Bertz CT molecular complexity index is 514. The van der Waals surface area contributed by atoms with Crippen LogP contribution in [0.5, 0.6) is 5.75 Å². The maximum absolute atomic E-state index is 9.71. The van der Waals surface area contributed by atoms with Gasteiger partial charge in [-0.05, 0) is 23.9 Å². The van der Waals surface area contributed by atoms with Gasteiger partial charge in [-0.2, -0.15) is 0 Å². The number of phenolic OH excluding ortho intramolecular Hbond substituents is 1. The molecule has 4 heteroatoms. The molecule has 0 aliphatic carbocycles. The molecule has 3 nitrogen and oxygen atoms in total. The summed E-state index contributed by atoms with van der Waals surface area (Å²) in [5, 5.41) is 20.9. The summed E-state index contributed by atoms with van der Waals surface area (Å²) in [6, 6.07) is 10.4. The number of aromatic hydroxyl groups is 1. The van der Waals surface area contributed by atoms with Crippen molar-refractivity contribution in [1.82, 2.24) is 0 Å². The molecular formula is C13H16ClNO2. The molecule has 0 aliphatic rings. The highest BCUT2D eigenvalue weighted by Crippen LogP contribution is 2.30. The van der Waals surface area contributed by atoms with E-state index in [1.54, 1.807) is 19.1 Å². The van der Waals surface area contributed by atoms with Gasteiger partial charge in [0.15, 0.2) is 0 Å². The topological polar surface area (TPSA) is 66.5 Å². The predicted octanol–water partition coefficient (Wildman–Crippen LogP) is 2.35. The summed E-state index contributed by atoms with van der Waals surface area (Å²) in [7, 11) is 0. The van der Waals surface area contributed by atoms with Crippen LogP contribution < -0.4 is 5.73 Å². The minimum absolute atomic E-state index is 0. The second-order valence-corrected chi connectivity index (χ2v) is 3.99. The molecule has 0 saturated carbocycles. The van der Waals surface area contributed by atoms with E-state index in [0.717, 1.165) is 16.3 Å². The van der Waals surface area contributed by atoms with Crippen LogP contribution in [0.25, 0.3) is 10.8 Å². The van der Waals surface area contributed by atoms with Gasteiger partial charge in [0.05, 0.1) is 12.1 Å². The van der Waals surface area contributed by atoms with Crippen molar-refractivity contribution in [3.63, 3.8) is 0 Å². The SMILES string of the molecule is C[C@H](O)[C@H](N)c1ccc(O)c2ccccc12.Cl. The molecule has 2 aromatic rings. The number of aliphatic hydroxyl groups is 1. The lowest BCUT2D eigenvalue weighted by Gasteiger charge is -2.17. The molecule has 2 rings (SSSR count). The van der Waals surface area contributed by atoms with E-state index in [4.69, 9.17) is 5.73 Å². The van der Waals surface area contributed by atoms with Crippen LogP contribution in [0.4, 0.5) is 0 Å². The van der Waals surface area contributed by atoms with Crippen LogP contribution >= 0.6 is 12.4 Å². The average Bonchev–Trinajstić information content (AvgIpc) is 2.29. The highest BCUT2D eigenvalue weighted by Gasteiger charge is 2.15. The molecule has 0 heterocycles. The van der Waals surface area contributed by atoms with Gasteiger partial charge in [0.2, 0.25) is 0 Å². The van der Waals surface area contributed by atoms with Crippen LogP contribution in [-0.4, -0.2) is 16.3 Å². The first-order valence-electron chi connectivity index (χ1n) is 5.25. The molecule has 0 amide bonds. The van der Waals surface area contributed by atoms with Crippen molar-refractivity contribution in [3.05, 3.63) is 42.0 Å². The molecule has 0 spiro atoms. The van der Waals surface area contributed by atoms with Gasteiger partial charge in [-0.15, -0.1) is 12.4 Å². The van der Waals surface area contributed by atoms with Gasteiger partial charge in [0.25, 0.3) is 0 Å². The summed E-state index contributed by atoms with van der Waals surface area (Å²) in [5.41, 5.74) is 6.77. The van der Waals surface area contributed by atoms with E-state index in [9.17, 15) is 10.2 Å². The third kappa shape index (κ3) is 2.52. The fourth-order valence-corrected chi connectivity index (χ4v) is 1.86. The van der Waals surface area contributed by atoms with Crippen molar-refractivity contribution in [2.24, 2.45) is 5.73 Å². The Morgan fingerprint density at radius 3 is 2.24 bits per heavy atom. The van der Waals surface area contributed by atoms with E-state index in [-0.39, 0.29) is 18.2 Å². The first-order chi connectivity index (χ1) is 7.61. The maximum atomic E-state index is 9.71. The van der Waals surface area contributed by atoms with E-state index < -0.39 is 12.1 Å². The summed E-state index contributed by atoms with van der Waals surface area (Å²) < 4.78 is 0. The number of halogens is 1. The van der Waals surface area contributed by atoms with E-state index >= 15 is 0 Å². The zero-order valence-corrected chi connectivity index (χ0v) is 10.3. The van der Waals surface area contributed by atoms with Gasteiger partial charge in [0.1, 0.15) is 5.75 Å². The standard InChI is InChI=1S/C13H15NO2.ClH/c1-8(15)13(14)11-6-7-12(16)10-5-3-2-4-9(10)11;/h2-8,13,15-16H,14H2,1H3;1H/t8-,13-;/m0./s1. The number of aliphatic hydroxyl groups excluding tert-OH is 1. The van der Waals surface area contributed by atoms with Crippen molar-refractivity contribution in [2.45, 2.75) is 19.1 Å². The normalized spacial score (nSPS) is 14.1. The second-order valence-electron chi connectivity index (χ2n) is 3.99. The van der Waals surface area contributed by atoms with Gasteiger partial charge in [-0.3, -0.25) is 0 Å². The molecular weight excluding hydrogens is 238 g/mol. The Morgan fingerprint density at radius 2 is 1.65 bits per heavy atom. The summed E-state index contributed by atoms with van der Waals surface area (Å²) >= 11 is 0. The summed E-state index contributed by atoms with van der Waals surface area (Å²) in [6.45, 7) is 1.66. The third-order valence-electron chi connectivity index (χ3n) is 2.81. The van der Waals surface area contributed by atoms with E-state index in [0.29, 0.717) is 0 Å². The summed E-state index contributed by atoms with van der Waals surface area (Å²) in [5.74, 6) is 0.233. The molecule has 2 aromatic carbocycles. The van der Waals surface area contributed by atoms with Crippen LogP contribution in [-0.2, 0) is 0 Å². The number of nitrogens with two attached hydrogens (primary N) is 1. The minimum atomic E-state index is -0.618. The molecule has 4 N–H and O–H groups in total. The molecule has 17 heavy (non-hydrogen) atoms. The highest BCUT2D eigenvalue weighted by atomic mass is 35.5. The van der Waals surface area contributed by atoms with Crippen LogP contribution in [0.15, 0.2) is 36.4 Å². The smallest absolute Gasteiger partial charge is 0.123 e. The Balaban J connectivity index is 0.00000144. The van der Waals surface area contributed by atoms with Crippen LogP contribution in [0.1, 0.15) is 18.5 Å². The number of hydrogen-bond acceptors (Lipinski definition) is 3. The monoisotopic (exact) mass is 253 g/mol. The average molecular weight is 254 g/mol. The van der Waals surface area contributed by atoms with Crippen molar-refractivity contribution >= 4 is 23.2 Å². The van der Waals surface area contributed by atoms with Crippen molar-refractivity contribution < 1.29 is 10.2 Å². The third-order valence-corrected chi connectivity index (χ3v) is 2.81. The van der Waals surface area contributed by atoms with E-state index in [1.807, 2.05) is 24.3 Å². The first kappa shape index (κ1) is 13.8. The molecule has 0 aromatic heterocycles. The highest BCUT2D eigenvalue weighted by molar-refractivity contribution is 5.91. The van der Waals surface area contributed by atoms with Gasteiger partial charge in [0, 0.05) is 5.39 Å². The van der Waals surface area contributed by atoms with Gasteiger partial charge in [-0.25, -0.2) is 0 Å². The van der Waals surface area contributed by atoms with Crippen molar-refractivity contribution in [1.29, 1.82) is 0 Å². The quantitative estimate of drug-likeness (QED) is 0.770. The molecule has 0 saturated heterocycles. The van der Waals surface area contributed by atoms with Gasteiger partial charge in [-0.1, -0.05) is 30.3 Å². The summed E-state index contributed by atoms with van der Waals surface area (Å²) in [4.78, 5) is 0. The number of benzene rings is 2. The Labute approximate surface area is 106 Å². The van der Waals surface area contributed by atoms with Gasteiger partial charge >= 0.3 is 0 Å². The van der Waals surface area contributed by atoms with Crippen LogP contribution in [0.2, 0.25) is 0 Å². The first-order valence-corrected chi connectivity index (χ1v) is 5.25. The van der Waals surface area contributed by atoms with Crippen LogP contribution in [0, 0.1) is 0 Å². The van der Waals surface area contributed by atoms with Crippen molar-refractivity contribution in [3.8, 4) is 5.75 Å². The number of hydrogen-bond donors (Lipinski definition) is 3. The number of phenols is 1. The van der Waals surface area contributed by atoms with Gasteiger partial charge < -0.3 is 15.9 Å². The lowest BCUT2D eigenvalue weighted by molar-refractivity contribution is 0.165. The van der Waals surface area contributed by atoms with Crippen LogP contribution in [0.3, 0.4) is 0 Å². The molecule has 2 atom stereocenters. The second kappa shape index (κ2) is 5.36. The summed E-state index contributed by atoms with van der Waals surface area (Å²) in [6.07, 6.45) is -0.618. The fourth-order valence-electron chi connectivity index (χ4n) is 1.86. The fraction of sp³-hybridized carbons (Fsp3) is 0.231. The lowest BCUT2D eigenvalue weighted by atomic mass is 9.96. The largest absolute Gasteiger partial charge is 0.507 e. The maximum Gasteiger partial charge on any atom is 0.123 e. The Morgan fingerprint density at radius 1 is 1.06 bits per heavy atom. The lowest BCUT2D eigenvalue weighted by Crippen LogP contribution is -2.23. The molecule has 0 radical (unpaired) electrons. The molecule has 92 valence electrons. The predicted molar refractivity (Wildman–Crippen MR) is 71.5 cm³/mol.